The van der Waals surface area contributed by atoms with Crippen LogP contribution in [0.25, 0.3) is 0 Å². The molecule has 0 aromatic rings. The van der Waals surface area contributed by atoms with E-state index in [-0.39, 0.29) is 11.6 Å². The Hall–Kier alpha value is -0.130. The first-order valence-electron chi connectivity index (χ1n) is 8.75. The van der Waals surface area contributed by atoms with E-state index in [0.717, 1.165) is 32.4 Å². The van der Waals surface area contributed by atoms with E-state index in [1.165, 1.54) is 32.1 Å². The zero-order chi connectivity index (χ0) is 14.9. The average Bonchev–Trinajstić information content (AvgIpc) is 2.47. The number of nitrogens with one attached hydrogen (secondary N) is 1. The molecule has 3 fully saturated rings. The second-order valence-corrected chi connectivity index (χ2v) is 9.60. The zero-order valence-electron chi connectivity index (χ0n) is 13.3. The van der Waals surface area contributed by atoms with Crippen molar-refractivity contribution in [1.82, 2.24) is 10.2 Å². The van der Waals surface area contributed by atoms with Crippen LogP contribution in [0.5, 0.6) is 0 Å². The fraction of sp³-hybridized carbons (Fsp3) is 1.00. The summed E-state index contributed by atoms with van der Waals surface area (Å²) in [6.07, 6.45) is 9.55. The topological polar surface area (TPSA) is 49.4 Å². The van der Waals surface area contributed by atoms with Crippen molar-refractivity contribution >= 4 is 9.84 Å². The van der Waals surface area contributed by atoms with E-state index in [1.54, 1.807) is 0 Å². The molecule has 2 aliphatic heterocycles. The van der Waals surface area contributed by atoms with Gasteiger partial charge in [0.05, 0.1) is 11.5 Å². The molecule has 5 heteroatoms. The maximum absolute atomic E-state index is 12.0. The molecule has 4 nitrogen and oxygen atoms in total. The lowest BCUT2D eigenvalue weighted by molar-refractivity contribution is 0.0249. The second kappa shape index (κ2) is 6.17. The fourth-order valence-corrected chi connectivity index (χ4v) is 6.33. The van der Waals surface area contributed by atoms with Crippen molar-refractivity contribution in [3.63, 3.8) is 0 Å². The van der Waals surface area contributed by atoms with Gasteiger partial charge in [0.25, 0.3) is 0 Å². The van der Waals surface area contributed by atoms with Gasteiger partial charge in [-0.2, -0.15) is 0 Å². The van der Waals surface area contributed by atoms with Gasteiger partial charge in [-0.25, -0.2) is 8.42 Å². The summed E-state index contributed by atoms with van der Waals surface area (Å²) in [5, 5.41) is 3.83. The molecule has 122 valence electrons. The van der Waals surface area contributed by atoms with E-state index in [1.807, 2.05) is 0 Å². The van der Waals surface area contributed by atoms with Crippen LogP contribution >= 0.6 is 0 Å². The second-order valence-electron chi connectivity index (χ2n) is 7.37. The van der Waals surface area contributed by atoms with Crippen LogP contribution in [0.2, 0.25) is 0 Å². The van der Waals surface area contributed by atoms with E-state index < -0.39 is 9.84 Å². The summed E-state index contributed by atoms with van der Waals surface area (Å²) in [5.74, 6) is 0.789. The standard InChI is InChI=1S/C16H30N2O2S/c1-2-14-11-17-16(8-4-3-5-9-16)13-18(14)15-7-6-10-21(19,20)12-15/h14-15,17H,2-13H2,1H3. The number of hydrogen-bond acceptors (Lipinski definition) is 4. The first-order valence-corrected chi connectivity index (χ1v) is 10.6. The summed E-state index contributed by atoms with van der Waals surface area (Å²) in [7, 11) is -2.82. The Kier molecular flexibility index (Phi) is 4.63. The van der Waals surface area contributed by atoms with Crippen molar-refractivity contribution in [2.24, 2.45) is 0 Å². The van der Waals surface area contributed by atoms with E-state index in [4.69, 9.17) is 0 Å². The van der Waals surface area contributed by atoms with E-state index in [2.05, 4.69) is 17.1 Å². The van der Waals surface area contributed by atoms with Crippen LogP contribution in [-0.2, 0) is 9.84 Å². The van der Waals surface area contributed by atoms with Gasteiger partial charge in [-0.05, 0) is 32.1 Å². The summed E-state index contributed by atoms with van der Waals surface area (Å²) >= 11 is 0. The zero-order valence-corrected chi connectivity index (χ0v) is 14.1. The summed E-state index contributed by atoms with van der Waals surface area (Å²) in [6, 6.07) is 0.769. The average molecular weight is 314 g/mol. The SMILES string of the molecule is CCC1CNC2(CCCCC2)CN1C1CCCS(=O)(=O)C1. The highest BCUT2D eigenvalue weighted by Crippen LogP contribution is 2.34. The van der Waals surface area contributed by atoms with Crippen LogP contribution in [0.3, 0.4) is 0 Å². The van der Waals surface area contributed by atoms with Crippen LogP contribution in [0.4, 0.5) is 0 Å². The van der Waals surface area contributed by atoms with Crippen LogP contribution in [0.15, 0.2) is 0 Å². The Morgan fingerprint density at radius 1 is 1.19 bits per heavy atom. The molecule has 2 atom stereocenters. The first-order chi connectivity index (χ1) is 10.0. The van der Waals surface area contributed by atoms with Crippen molar-refractivity contribution in [3.05, 3.63) is 0 Å². The Morgan fingerprint density at radius 3 is 2.62 bits per heavy atom. The first kappa shape index (κ1) is 15.8. The van der Waals surface area contributed by atoms with Crippen molar-refractivity contribution in [2.45, 2.75) is 75.9 Å². The highest BCUT2D eigenvalue weighted by molar-refractivity contribution is 7.91. The summed E-state index contributed by atoms with van der Waals surface area (Å²) in [5.41, 5.74) is 0.269. The quantitative estimate of drug-likeness (QED) is 0.846. The van der Waals surface area contributed by atoms with Crippen molar-refractivity contribution in [2.75, 3.05) is 24.6 Å². The normalized spacial score (nSPS) is 36.6. The molecule has 3 aliphatic rings. The lowest BCUT2D eigenvalue weighted by Crippen LogP contribution is -2.67. The molecular formula is C16H30N2O2S. The Bertz CT molecular complexity index is 457. The van der Waals surface area contributed by atoms with Crippen molar-refractivity contribution in [3.8, 4) is 0 Å². The minimum absolute atomic E-state index is 0.259. The summed E-state index contributed by atoms with van der Waals surface area (Å²) in [6.45, 7) is 4.33. The maximum atomic E-state index is 12.0. The molecule has 1 spiro atoms. The molecule has 0 aromatic heterocycles. The van der Waals surface area contributed by atoms with Crippen LogP contribution in [0, 0.1) is 0 Å². The third kappa shape index (κ3) is 3.45. The number of piperazine rings is 1. The molecule has 2 heterocycles. The van der Waals surface area contributed by atoms with Crippen molar-refractivity contribution < 1.29 is 8.42 Å². The Morgan fingerprint density at radius 2 is 1.95 bits per heavy atom. The van der Waals surface area contributed by atoms with Gasteiger partial charge in [0, 0.05) is 30.7 Å². The van der Waals surface area contributed by atoms with Gasteiger partial charge in [-0.15, -0.1) is 0 Å². The largest absolute Gasteiger partial charge is 0.308 e. The number of sulfone groups is 1. The van der Waals surface area contributed by atoms with Gasteiger partial charge in [-0.3, -0.25) is 4.90 Å². The molecule has 0 aromatic carbocycles. The molecule has 3 rings (SSSR count). The van der Waals surface area contributed by atoms with Crippen molar-refractivity contribution in [1.29, 1.82) is 0 Å². The third-order valence-electron chi connectivity index (χ3n) is 5.86. The molecule has 1 N–H and O–H groups in total. The van der Waals surface area contributed by atoms with Crippen LogP contribution in [-0.4, -0.2) is 55.5 Å². The van der Waals surface area contributed by atoms with E-state index >= 15 is 0 Å². The molecule has 0 amide bonds. The summed E-state index contributed by atoms with van der Waals surface area (Å²) in [4.78, 5) is 2.57. The van der Waals surface area contributed by atoms with Crippen LogP contribution in [0.1, 0.15) is 58.3 Å². The monoisotopic (exact) mass is 314 g/mol. The van der Waals surface area contributed by atoms with E-state index in [9.17, 15) is 8.42 Å². The minimum atomic E-state index is -2.82. The minimum Gasteiger partial charge on any atom is -0.308 e. The number of nitrogens with zero attached hydrogens (tertiary/aromatic N) is 1. The Labute approximate surface area is 129 Å². The molecule has 2 saturated heterocycles. The predicted molar refractivity (Wildman–Crippen MR) is 86.3 cm³/mol. The van der Waals surface area contributed by atoms with Gasteiger partial charge in [0.1, 0.15) is 0 Å². The lowest BCUT2D eigenvalue weighted by atomic mass is 9.78. The van der Waals surface area contributed by atoms with Gasteiger partial charge in [0.2, 0.25) is 0 Å². The Balaban J connectivity index is 1.76. The highest BCUT2D eigenvalue weighted by Gasteiger charge is 2.43. The molecule has 1 saturated carbocycles. The highest BCUT2D eigenvalue weighted by atomic mass is 32.2. The molecular weight excluding hydrogens is 284 g/mol. The van der Waals surface area contributed by atoms with E-state index in [0.29, 0.717) is 17.5 Å². The maximum Gasteiger partial charge on any atom is 0.151 e. The number of hydrogen-bond donors (Lipinski definition) is 1. The number of rotatable bonds is 2. The molecule has 2 unspecified atom stereocenters. The predicted octanol–water partition coefficient (Wildman–Crippen LogP) is 1.95. The smallest absolute Gasteiger partial charge is 0.151 e. The van der Waals surface area contributed by atoms with Gasteiger partial charge < -0.3 is 5.32 Å². The molecule has 1 aliphatic carbocycles. The fourth-order valence-electron chi connectivity index (χ4n) is 4.62. The third-order valence-corrected chi connectivity index (χ3v) is 7.66. The van der Waals surface area contributed by atoms with Crippen LogP contribution < -0.4 is 5.32 Å². The van der Waals surface area contributed by atoms with Gasteiger partial charge in [-0.1, -0.05) is 26.2 Å². The lowest BCUT2D eigenvalue weighted by Gasteiger charge is -2.52. The molecule has 0 radical (unpaired) electrons. The van der Waals surface area contributed by atoms with Gasteiger partial charge >= 0.3 is 0 Å². The van der Waals surface area contributed by atoms with Gasteiger partial charge in [0.15, 0.2) is 9.84 Å². The molecule has 0 bridgehead atoms. The molecule has 21 heavy (non-hydrogen) atoms. The summed E-state index contributed by atoms with van der Waals surface area (Å²) < 4.78 is 24.0.